The van der Waals surface area contributed by atoms with Crippen molar-refractivity contribution in [2.45, 2.75) is 20.3 Å². The van der Waals surface area contributed by atoms with E-state index < -0.39 is 5.97 Å². The second-order valence-electron chi connectivity index (χ2n) is 4.43. The van der Waals surface area contributed by atoms with Gasteiger partial charge in [-0.2, -0.15) is 0 Å². The average molecular weight is 289 g/mol. The number of thiophene rings is 1. The first-order valence-corrected chi connectivity index (χ1v) is 7.07. The summed E-state index contributed by atoms with van der Waals surface area (Å²) in [7, 11) is 0. The number of carboxylic acids is 1. The lowest BCUT2D eigenvalue weighted by Crippen LogP contribution is -2.13. The number of carboxylic acid groups (broad SMARTS) is 1. The molecule has 1 heterocycles. The Labute approximate surface area is 121 Å². The van der Waals surface area contributed by atoms with Gasteiger partial charge in [0, 0.05) is 4.88 Å². The lowest BCUT2D eigenvalue weighted by atomic mass is 10.1. The van der Waals surface area contributed by atoms with Crippen LogP contribution in [-0.4, -0.2) is 17.0 Å². The smallest absolute Gasteiger partial charge is 0.337 e. The van der Waals surface area contributed by atoms with Crippen molar-refractivity contribution < 1.29 is 14.7 Å². The zero-order valence-electron chi connectivity index (χ0n) is 11.3. The van der Waals surface area contributed by atoms with Crippen LogP contribution in [0.1, 0.15) is 37.4 Å². The average Bonchev–Trinajstić information content (AvgIpc) is 2.89. The van der Waals surface area contributed by atoms with Gasteiger partial charge in [0.15, 0.2) is 0 Å². The third-order valence-electron chi connectivity index (χ3n) is 2.89. The van der Waals surface area contributed by atoms with Crippen LogP contribution in [0.15, 0.2) is 30.3 Å². The molecule has 0 unspecified atom stereocenters. The van der Waals surface area contributed by atoms with E-state index in [4.69, 9.17) is 5.11 Å². The number of aryl methyl sites for hydroxylation is 2. The van der Waals surface area contributed by atoms with Gasteiger partial charge in [0.25, 0.3) is 5.91 Å². The van der Waals surface area contributed by atoms with Gasteiger partial charge in [-0.25, -0.2) is 4.79 Å². The Balaban J connectivity index is 2.25. The standard InChI is InChI=1S/C15H15NO3S/c1-3-10-5-7-13(20-10)14(17)16-12-6-4-9(2)8-11(12)15(18)19/h4-8H,3H2,1-2H3,(H,16,17)(H,18,19). The highest BCUT2D eigenvalue weighted by molar-refractivity contribution is 7.14. The molecule has 1 aromatic carbocycles. The SMILES string of the molecule is CCc1ccc(C(=O)Nc2ccc(C)cc2C(=O)O)s1. The first kappa shape index (κ1) is 14.3. The van der Waals surface area contributed by atoms with Crippen molar-refractivity contribution in [3.8, 4) is 0 Å². The summed E-state index contributed by atoms with van der Waals surface area (Å²) in [4.78, 5) is 25.0. The lowest BCUT2D eigenvalue weighted by Gasteiger charge is -2.08. The van der Waals surface area contributed by atoms with Gasteiger partial charge in [-0.05, 0) is 37.6 Å². The van der Waals surface area contributed by atoms with Gasteiger partial charge in [0.05, 0.1) is 16.1 Å². The highest BCUT2D eigenvalue weighted by atomic mass is 32.1. The van der Waals surface area contributed by atoms with Crippen molar-refractivity contribution in [2.24, 2.45) is 0 Å². The summed E-state index contributed by atoms with van der Waals surface area (Å²) in [6.07, 6.45) is 0.878. The molecule has 4 nitrogen and oxygen atoms in total. The van der Waals surface area contributed by atoms with Crippen LogP contribution in [0.25, 0.3) is 0 Å². The second-order valence-corrected chi connectivity index (χ2v) is 5.60. The Morgan fingerprint density at radius 3 is 2.60 bits per heavy atom. The van der Waals surface area contributed by atoms with Gasteiger partial charge in [-0.15, -0.1) is 11.3 Å². The predicted octanol–water partition coefficient (Wildman–Crippen LogP) is 3.57. The first-order valence-electron chi connectivity index (χ1n) is 6.25. The van der Waals surface area contributed by atoms with Gasteiger partial charge in [0.1, 0.15) is 0 Å². The first-order chi connectivity index (χ1) is 9.51. The molecule has 0 fully saturated rings. The van der Waals surface area contributed by atoms with E-state index in [0.717, 1.165) is 16.9 Å². The second kappa shape index (κ2) is 5.88. The number of rotatable bonds is 4. The normalized spacial score (nSPS) is 10.3. The Morgan fingerprint density at radius 1 is 1.25 bits per heavy atom. The summed E-state index contributed by atoms with van der Waals surface area (Å²) in [6.45, 7) is 3.83. The fourth-order valence-electron chi connectivity index (χ4n) is 1.82. The Hall–Kier alpha value is -2.14. The van der Waals surface area contributed by atoms with Crippen LogP contribution in [0.3, 0.4) is 0 Å². The summed E-state index contributed by atoms with van der Waals surface area (Å²) in [5.74, 6) is -1.33. The fraction of sp³-hybridized carbons (Fsp3) is 0.200. The summed E-state index contributed by atoms with van der Waals surface area (Å²) in [5.41, 5.74) is 1.26. The molecule has 0 saturated carbocycles. The van der Waals surface area contributed by atoms with E-state index in [1.165, 1.54) is 11.3 Å². The van der Waals surface area contributed by atoms with Gasteiger partial charge >= 0.3 is 5.97 Å². The number of hydrogen-bond donors (Lipinski definition) is 2. The molecule has 1 amide bonds. The van der Waals surface area contributed by atoms with Gasteiger partial charge in [0.2, 0.25) is 0 Å². The minimum absolute atomic E-state index is 0.102. The minimum atomic E-state index is -1.05. The van der Waals surface area contributed by atoms with Gasteiger partial charge < -0.3 is 10.4 Å². The largest absolute Gasteiger partial charge is 0.478 e. The number of amides is 1. The minimum Gasteiger partial charge on any atom is -0.478 e. The molecule has 5 heteroatoms. The Kier molecular flexibility index (Phi) is 4.20. The zero-order valence-corrected chi connectivity index (χ0v) is 12.1. The van der Waals surface area contributed by atoms with Crippen LogP contribution in [0.4, 0.5) is 5.69 Å². The molecule has 0 aliphatic heterocycles. The maximum absolute atomic E-state index is 12.1. The number of hydrogen-bond acceptors (Lipinski definition) is 3. The van der Waals surface area contributed by atoms with Crippen molar-refractivity contribution in [3.63, 3.8) is 0 Å². The monoisotopic (exact) mass is 289 g/mol. The third kappa shape index (κ3) is 3.05. The maximum Gasteiger partial charge on any atom is 0.337 e. The van der Waals surface area contributed by atoms with Crippen molar-refractivity contribution in [2.75, 3.05) is 5.32 Å². The van der Waals surface area contributed by atoms with Crippen LogP contribution in [-0.2, 0) is 6.42 Å². The van der Waals surface area contributed by atoms with Crippen LogP contribution in [0.5, 0.6) is 0 Å². The van der Waals surface area contributed by atoms with E-state index in [9.17, 15) is 9.59 Å². The topological polar surface area (TPSA) is 66.4 Å². The molecule has 1 aromatic heterocycles. The third-order valence-corrected chi connectivity index (χ3v) is 4.12. The number of aromatic carboxylic acids is 1. The van der Waals surface area contributed by atoms with E-state index in [1.54, 1.807) is 24.3 Å². The van der Waals surface area contributed by atoms with Crippen LogP contribution < -0.4 is 5.32 Å². The molecule has 0 aliphatic carbocycles. The van der Waals surface area contributed by atoms with Crippen molar-refractivity contribution in [1.82, 2.24) is 0 Å². The molecule has 0 aliphatic rings. The van der Waals surface area contributed by atoms with Crippen LogP contribution >= 0.6 is 11.3 Å². The van der Waals surface area contributed by atoms with E-state index in [-0.39, 0.29) is 11.5 Å². The molecule has 0 atom stereocenters. The summed E-state index contributed by atoms with van der Waals surface area (Å²) in [5, 5.41) is 11.8. The van der Waals surface area contributed by atoms with Crippen molar-refractivity contribution in [3.05, 3.63) is 51.2 Å². The number of benzene rings is 1. The summed E-state index contributed by atoms with van der Waals surface area (Å²) in [6, 6.07) is 8.60. The number of carbonyl (C=O) groups is 2. The molecule has 20 heavy (non-hydrogen) atoms. The lowest BCUT2D eigenvalue weighted by molar-refractivity contribution is 0.0698. The predicted molar refractivity (Wildman–Crippen MR) is 79.8 cm³/mol. The molecule has 2 N–H and O–H groups in total. The van der Waals surface area contributed by atoms with Gasteiger partial charge in [-0.3, -0.25) is 4.79 Å². The highest BCUT2D eigenvalue weighted by Crippen LogP contribution is 2.21. The van der Waals surface area contributed by atoms with E-state index >= 15 is 0 Å². The van der Waals surface area contributed by atoms with Crippen LogP contribution in [0.2, 0.25) is 0 Å². The summed E-state index contributed by atoms with van der Waals surface area (Å²) >= 11 is 1.42. The van der Waals surface area contributed by atoms with Crippen molar-refractivity contribution in [1.29, 1.82) is 0 Å². The molecule has 104 valence electrons. The van der Waals surface area contributed by atoms with E-state index in [1.807, 2.05) is 19.9 Å². The summed E-state index contributed by atoms with van der Waals surface area (Å²) < 4.78 is 0. The number of carbonyl (C=O) groups excluding carboxylic acids is 1. The quantitative estimate of drug-likeness (QED) is 0.904. The maximum atomic E-state index is 12.1. The van der Waals surface area contributed by atoms with Crippen molar-refractivity contribution >= 4 is 28.9 Å². The van der Waals surface area contributed by atoms with Gasteiger partial charge in [-0.1, -0.05) is 18.6 Å². The molecule has 2 aromatic rings. The molecule has 2 rings (SSSR count). The molecule has 0 spiro atoms. The number of nitrogens with one attached hydrogen (secondary N) is 1. The molecular weight excluding hydrogens is 274 g/mol. The van der Waals surface area contributed by atoms with Crippen LogP contribution in [0, 0.1) is 6.92 Å². The molecule has 0 saturated heterocycles. The fourth-order valence-corrected chi connectivity index (χ4v) is 2.66. The molecule has 0 bridgehead atoms. The Bertz CT molecular complexity index is 661. The van der Waals surface area contributed by atoms with E-state index in [0.29, 0.717) is 10.6 Å². The molecule has 0 radical (unpaired) electrons. The highest BCUT2D eigenvalue weighted by Gasteiger charge is 2.15. The number of anilines is 1. The van der Waals surface area contributed by atoms with E-state index in [2.05, 4.69) is 5.32 Å². The molecular formula is C15H15NO3S. The zero-order chi connectivity index (χ0) is 14.7. The Morgan fingerprint density at radius 2 is 2.00 bits per heavy atom.